The van der Waals surface area contributed by atoms with E-state index < -0.39 is 16.0 Å². The summed E-state index contributed by atoms with van der Waals surface area (Å²) >= 11 is 3.24. The summed E-state index contributed by atoms with van der Waals surface area (Å²) in [4.78, 5) is 13.2. The molecule has 0 atom stereocenters. The largest absolute Gasteiger partial charge is 0.478 e. The van der Waals surface area contributed by atoms with Gasteiger partial charge in [-0.25, -0.2) is 13.2 Å². The van der Waals surface area contributed by atoms with Crippen LogP contribution in [0, 0.1) is 0 Å². The number of carbonyl (C=O) groups is 1. The summed E-state index contributed by atoms with van der Waals surface area (Å²) in [7, 11) is -3.19. The second-order valence-corrected chi connectivity index (χ2v) is 7.42. The van der Waals surface area contributed by atoms with Crippen LogP contribution in [0.25, 0.3) is 0 Å². The molecule has 6 nitrogen and oxygen atoms in total. The molecule has 1 fully saturated rings. The van der Waals surface area contributed by atoms with Gasteiger partial charge in [0.2, 0.25) is 10.0 Å². The number of hydrogen-bond donors (Lipinski definition) is 1. The van der Waals surface area contributed by atoms with E-state index in [2.05, 4.69) is 15.9 Å². The number of halogens is 1. The zero-order chi connectivity index (χ0) is 14.9. The highest BCUT2D eigenvalue weighted by Crippen LogP contribution is 2.28. The molecule has 0 saturated carbocycles. The molecule has 0 aliphatic carbocycles. The maximum atomic E-state index is 11.5. The monoisotopic (exact) mass is 362 g/mol. The predicted octanol–water partition coefficient (Wildman–Crippen LogP) is 1.23. The van der Waals surface area contributed by atoms with Gasteiger partial charge in [0, 0.05) is 30.7 Å². The fourth-order valence-corrected chi connectivity index (χ4v) is 3.60. The zero-order valence-electron chi connectivity index (χ0n) is 10.9. The molecule has 2 rings (SSSR count). The normalized spacial score (nSPS) is 17.2. The van der Waals surface area contributed by atoms with Crippen molar-refractivity contribution in [2.45, 2.75) is 0 Å². The lowest BCUT2D eigenvalue weighted by Gasteiger charge is -2.35. The summed E-state index contributed by atoms with van der Waals surface area (Å²) in [5, 5.41) is 9.30. The molecule has 0 radical (unpaired) electrons. The van der Waals surface area contributed by atoms with Gasteiger partial charge in [-0.2, -0.15) is 4.31 Å². The predicted molar refractivity (Wildman–Crippen MR) is 79.7 cm³/mol. The number of hydrogen-bond acceptors (Lipinski definition) is 4. The van der Waals surface area contributed by atoms with E-state index in [1.54, 1.807) is 18.2 Å². The molecule has 1 heterocycles. The average molecular weight is 363 g/mol. The van der Waals surface area contributed by atoms with Crippen molar-refractivity contribution in [2.24, 2.45) is 0 Å². The van der Waals surface area contributed by atoms with Gasteiger partial charge < -0.3 is 10.0 Å². The average Bonchev–Trinajstić information content (AvgIpc) is 2.37. The minimum Gasteiger partial charge on any atom is -0.478 e. The van der Waals surface area contributed by atoms with Gasteiger partial charge in [-0.05, 0) is 28.1 Å². The Labute approximate surface area is 126 Å². The molecule has 1 N–H and O–H groups in total. The Balaban J connectivity index is 2.24. The summed E-state index contributed by atoms with van der Waals surface area (Å²) in [6, 6.07) is 5.19. The summed E-state index contributed by atoms with van der Waals surface area (Å²) in [5.41, 5.74) is 0.820. The van der Waals surface area contributed by atoms with Crippen LogP contribution in [0.2, 0.25) is 0 Å². The first-order valence-electron chi connectivity index (χ1n) is 6.02. The van der Waals surface area contributed by atoms with Crippen molar-refractivity contribution >= 4 is 37.6 Å². The van der Waals surface area contributed by atoms with Crippen LogP contribution in [0.5, 0.6) is 0 Å². The van der Waals surface area contributed by atoms with E-state index in [0.29, 0.717) is 36.3 Å². The lowest BCUT2D eigenvalue weighted by molar-refractivity contribution is 0.0696. The van der Waals surface area contributed by atoms with Gasteiger partial charge in [-0.3, -0.25) is 0 Å². The highest BCUT2D eigenvalue weighted by molar-refractivity contribution is 9.10. The first kappa shape index (κ1) is 15.3. The van der Waals surface area contributed by atoms with Crippen molar-refractivity contribution < 1.29 is 18.3 Å². The summed E-state index contributed by atoms with van der Waals surface area (Å²) in [6.45, 7) is 1.68. The van der Waals surface area contributed by atoms with Crippen LogP contribution in [0.1, 0.15) is 10.4 Å². The van der Waals surface area contributed by atoms with Gasteiger partial charge in [0.15, 0.2) is 0 Å². The van der Waals surface area contributed by atoms with Crippen LogP contribution in [0.4, 0.5) is 5.69 Å². The lowest BCUT2D eigenvalue weighted by Crippen LogP contribution is -2.48. The number of rotatable bonds is 3. The molecular weight excluding hydrogens is 348 g/mol. The van der Waals surface area contributed by atoms with Crippen LogP contribution in [0.15, 0.2) is 22.7 Å². The summed E-state index contributed by atoms with van der Waals surface area (Å²) < 4.78 is 24.9. The zero-order valence-corrected chi connectivity index (χ0v) is 13.3. The molecule has 0 spiro atoms. The third kappa shape index (κ3) is 3.13. The quantitative estimate of drug-likeness (QED) is 0.874. The smallest absolute Gasteiger partial charge is 0.338 e. The van der Waals surface area contributed by atoms with E-state index >= 15 is 0 Å². The molecule has 0 aromatic heterocycles. The SMILES string of the molecule is CS(=O)(=O)N1CCN(c2cccc(Br)c2C(=O)O)CC1. The first-order chi connectivity index (χ1) is 9.30. The molecule has 0 bridgehead atoms. The molecule has 1 aliphatic heterocycles. The maximum Gasteiger partial charge on any atom is 0.338 e. The minimum absolute atomic E-state index is 0.209. The van der Waals surface area contributed by atoms with E-state index in [0.717, 1.165) is 0 Å². The second kappa shape index (κ2) is 5.71. The van der Waals surface area contributed by atoms with Crippen molar-refractivity contribution in [3.63, 3.8) is 0 Å². The third-order valence-corrected chi connectivity index (χ3v) is 5.22. The minimum atomic E-state index is -3.19. The van der Waals surface area contributed by atoms with Crippen molar-refractivity contribution in [2.75, 3.05) is 37.3 Å². The number of anilines is 1. The van der Waals surface area contributed by atoms with Crippen molar-refractivity contribution in [1.82, 2.24) is 4.31 Å². The Morgan fingerprint density at radius 1 is 1.25 bits per heavy atom. The van der Waals surface area contributed by atoms with Crippen LogP contribution in [-0.4, -0.2) is 56.2 Å². The highest BCUT2D eigenvalue weighted by Gasteiger charge is 2.26. The summed E-state index contributed by atoms with van der Waals surface area (Å²) in [5.74, 6) is -1.00. The van der Waals surface area contributed by atoms with Gasteiger partial charge >= 0.3 is 5.97 Å². The van der Waals surface area contributed by atoms with Gasteiger partial charge in [-0.15, -0.1) is 0 Å². The Bertz CT molecular complexity index is 624. The lowest BCUT2D eigenvalue weighted by atomic mass is 10.1. The van der Waals surface area contributed by atoms with Crippen molar-refractivity contribution in [3.8, 4) is 0 Å². The number of nitrogens with zero attached hydrogens (tertiary/aromatic N) is 2. The fourth-order valence-electron chi connectivity index (χ4n) is 2.25. The molecule has 0 unspecified atom stereocenters. The van der Waals surface area contributed by atoms with Crippen LogP contribution in [0.3, 0.4) is 0 Å². The number of benzene rings is 1. The molecule has 8 heteroatoms. The molecular formula is C12H15BrN2O4S. The van der Waals surface area contributed by atoms with Crippen LogP contribution >= 0.6 is 15.9 Å². The Hall–Kier alpha value is -1.12. The molecule has 1 aromatic carbocycles. The first-order valence-corrected chi connectivity index (χ1v) is 8.66. The second-order valence-electron chi connectivity index (χ2n) is 4.59. The molecule has 110 valence electrons. The standard InChI is InChI=1S/C12H15BrN2O4S/c1-20(18,19)15-7-5-14(6-8-15)10-4-2-3-9(13)11(10)12(16)17/h2-4H,5-8H2,1H3,(H,16,17). The number of carboxylic acid groups (broad SMARTS) is 1. The third-order valence-electron chi connectivity index (χ3n) is 3.25. The van der Waals surface area contributed by atoms with Crippen molar-refractivity contribution in [3.05, 3.63) is 28.2 Å². The Morgan fingerprint density at radius 3 is 2.35 bits per heavy atom. The molecule has 1 aliphatic rings. The topological polar surface area (TPSA) is 77.9 Å². The summed E-state index contributed by atoms with van der Waals surface area (Å²) in [6.07, 6.45) is 1.18. The number of aromatic carboxylic acids is 1. The van der Waals surface area contributed by atoms with Gasteiger partial charge in [0.25, 0.3) is 0 Å². The van der Waals surface area contributed by atoms with Gasteiger partial charge in [-0.1, -0.05) is 6.07 Å². The highest BCUT2D eigenvalue weighted by atomic mass is 79.9. The Kier molecular flexibility index (Phi) is 4.36. The molecule has 0 amide bonds. The number of carboxylic acids is 1. The molecule has 20 heavy (non-hydrogen) atoms. The van der Waals surface area contributed by atoms with E-state index in [1.807, 2.05) is 4.90 Å². The fraction of sp³-hybridized carbons (Fsp3) is 0.417. The molecule has 1 aromatic rings. The van der Waals surface area contributed by atoms with Crippen molar-refractivity contribution in [1.29, 1.82) is 0 Å². The van der Waals surface area contributed by atoms with E-state index in [4.69, 9.17) is 0 Å². The van der Waals surface area contributed by atoms with Gasteiger partial charge in [0.1, 0.15) is 0 Å². The number of sulfonamides is 1. The Morgan fingerprint density at radius 2 is 1.85 bits per heavy atom. The number of piperazine rings is 1. The van der Waals surface area contributed by atoms with E-state index in [-0.39, 0.29) is 5.56 Å². The van der Waals surface area contributed by atoms with Crippen LogP contribution in [-0.2, 0) is 10.0 Å². The maximum absolute atomic E-state index is 11.5. The van der Waals surface area contributed by atoms with E-state index in [1.165, 1.54) is 10.6 Å². The van der Waals surface area contributed by atoms with Gasteiger partial charge in [0.05, 0.1) is 17.5 Å². The van der Waals surface area contributed by atoms with Crippen LogP contribution < -0.4 is 4.90 Å². The van der Waals surface area contributed by atoms with E-state index in [9.17, 15) is 18.3 Å². The molecule has 1 saturated heterocycles.